The fourth-order valence-corrected chi connectivity index (χ4v) is 1.49. The second-order valence-electron chi connectivity index (χ2n) is 2.72. The highest BCUT2D eigenvalue weighted by Crippen LogP contribution is 2.03. The van der Waals surface area contributed by atoms with Crippen molar-refractivity contribution in [2.24, 2.45) is 5.84 Å². The average Bonchev–Trinajstić information content (AvgIpc) is 2.56. The van der Waals surface area contributed by atoms with Crippen LogP contribution in [-0.2, 0) is 11.3 Å². The Hall–Kier alpha value is -0.980. The van der Waals surface area contributed by atoms with Gasteiger partial charge in [-0.1, -0.05) is 0 Å². The molecule has 1 aromatic rings. The number of likely N-dealkylation sites (N-methyl/N-ethyl adjacent to an activating group) is 1. The Morgan fingerprint density at radius 3 is 3.15 bits per heavy atom. The quantitative estimate of drug-likeness (QED) is 0.393. The zero-order chi connectivity index (χ0) is 9.68. The van der Waals surface area contributed by atoms with Gasteiger partial charge in [-0.15, -0.1) is 11.3 Å². The lowest BCUT2D eigenvalue weighted by Gasteiger charge is -2.13. The van der Waals surface area contributed by atoms with Gasteiger partial charge in [-0.25, -0.2) is 10.8 Å². The second-order valence-corrected chi connectivity index (χ2v) is 3.44. The van der Waals surface area contributed by atoms with E-state index in [0.717, 1.165) is 5.69 Å². The van der Waals surface area contributed by atoms with Gasteiger partial charge in [0.05, 0.1) is 17.7 Å². The van der Waals surface area contributed by atoms with Gasteiger partial charge < -0.3 is 0 Å². The van der Waals surface area contributed by atoms with Crippen LogP contribution in [0.5, 0.6) is 0 Å². The number of thiazole rings is 1. The summed E-state index contributed by atoms with van der Waals surface area (Å²) < 4.78 is 0. The molecular weight excluding hydrogens is 188 g/mol. The van der Waals surface area contributed by atoms with E-state index in [1.807, 2.05) is 17.3 Å². The molecule has 0 saturated heterocycles. The summed E-state index contributed by atoms with van der Waals surface area (Å²) in [5.74, 6) is 4.76. The van der Waals surface area contributed by atoms with Crippen molar-refractivity contribution in [2.45, 2.75) is 6.54 Å². The minimum absolute atomic E-state index is 0.197. The number of rotatable bonds is 4. The van der Waals surface area contributed by atoms with Crippen molar-refractivity contribution in [2.75, 3.05) is 13.6 Å². The molecule has 0 atom stereocenters. The summed E-state index contributed by atoms with van der Waals surface area (Å²) in [6.45, 7) is 0.949. The van der Waals surface area contributed by atoms with Crippen LogP contribution in [0.3, 0.4) is 0 Å². The highest BCUT2D eigenvalue weighted by atomic mass is 32.1. The molecule has 1 aromatic heterocycles. The van der Waals surface area contributed by atoms with Crippen LogP contribution in [0.25, 0.3) is 0 Å². The third-order valence-electron chi connectivity index (χ3n) is 1.49. The normalized spacial score (nSPS) is 10.4. The molecule has 13 heavy (non-hydrogen) atoms. The Bertz CT molecular complexity index is 261. The fourth-order valence-electron chi connectivity index (χ4n) is 0.939. The largest absolute Gasteiger partial charge is 0.293 e. The highest BCUT2D eigenvalue weighted by Gasteiger charge is 2.05. The Kier molecular flexibility index (Phi) is 3.81. The summed E-state index contributed by atoms with van der Waals surface area (Å²) in [7, 11) is 1.84. The zero-order valence-corrected chi connectivity index (χ0v) is 8.17. The van der Waals surface area contributed by atoms with Gasteiger partial charge in [-0.3, -0.25) is 15.1 Å². The summed E-state index contributed by atoms with van der Waals surface area (Å²) in [5.41, 5.74) is 4.82. The van der Waals surface area contributed by atoms with Gasteiger partial charge in [-0.05, 0) is 7.05 Å². The highest BCUT2D eigenvalue weighted by molar-refractivity contribution is 7.07. The molecule has 0 aliphatic heterocycles. The molecule has 5 nitrogen and oxygen atoms in total. The predicted molar refractivity (Wildman–Crippen MR) is 50.8 cm³/mol. The molecule has 0 aromatic carbocycles. The number of amides is 1. The van der Waals surface area contributed by atoms with Crippen LogP contribution >= 0.6 is 11.3 Å². The third-order valence-corrected chi connectivity index (χ3v) is 2.13. The minimum Gasteiger partial charge on any atom is -0.293 e. The van der Waals surface area contributed by atoms with E-state index in [1.165, 1.54) is 0 Å². The molecule has 1 rings (SSSR count). The number of hydrogen-bond donors (Lipinski definition) is 2. The van der Waals surface area contributed by atoms with Crippen LogP contribution in [0.2, 0.25) is 0 Å². The van der Waals surface area contributed by atoms with Crippen molar-refractivity contribution >= 4 is 17.2 Å². The van der Waals surface area contributed by atoms with E-state index in [4.69, 9.17) is 5.84 Å². The van der Waals surface area contributed by atoms with Crippen molar-refractivity contribution in [1.29, 1.82) is 0 Å². The van der Waals surface area contributed by atoms with Crippen LogP contribution in [0.4, 0.5) is 0 Å². The van der Waals surface area contributed by atoms with Gasteiger partial charge in [0.1, 0.15) is 0 Å². The van der Waals surface area contributed by atoms with Crippen LogP contribution in [0, 0.1) is 0 Å². The average molecular weight is 200 g/mol. The summed E-state index contributed by atoms with van der Waals surface area (Å²) >= 11 is 1.54. The summed E-state index contributed by atoms with van der Waals surface area (Å²) in [4.78, 5) is 16.8. The number of aromatic nitrogens is 1. The lowest BCUT2D eigenvalue weighted by molar-refractivity contribution is -0.122. The van der Waals surface area contributed by atoms with Gasteiger partial charge in [0.2, 0.25) is 5.91 Å². The molecule has 0 unspecified atom stereocenters. The molecule has 6 heteroatoms. The molecule has 0 spiro atoms. The smallest absolute Gasteiger partial charge is 0.248 e. The molecule has 0 bridgehead atoms. The van der Waals surface area contributed by atoms with E-state index in [1.54, 1.807) is 16.8 Å². The Labute approximate surface area is 80.5 Å². The standard InChI is InChI=1S/C7H12N4OS/c1-11(3-7(12)10-8)2-6-4-13-5-9-6/h4-5H,2-3,8H2,1H3,(H,10,12). The van der Waals surface area contributed by atoms with E-state index in [0.29, 0.717) is 6.54 Å². The molecule has 0 aliphatic carbocycles. The molecule has 0 aliphatic rings. The summed E-state index contributed by atoms with van der Waals surface area (Å²) in [6.07, 6.45) is 0. The van der Waals surface area contributed by atoms with E-state index in [9.17, 15) is 4.79 Å². The minimum atomic E-state index is -0.197. The van der Waals surface area contributed by atoms with Crippen molar-refractivity contribution in [3.05, 3.63) is 16.6 Å². The fraction of sp³-hybridized carbons (Fsp3) is 0.429. The first-order valence-corrected chi connectivity index (χ1v) is 4.71. The molecule has 0 radical (unpaired) electrons. The van der Waals surface area contributed by atoms with Crippen LogP contribution < -0.4 is 11.3 Å². The number of hydrazine groups is 1. The monoisotopic (exact) mass is 200 g/mol. The van der Waals surface area contributed by atoms with Gasteiger partial charge >= 0.3 is 0 Å². The Balaban J connectivity index is 2.33. The van der Waals surface area contributed by atoms with E-state index in [2.05, 4.69) is 10.4 Å². The molecular formula is C7H12N4OS. The van der Waals surface area contributed by atoms with E-state index in [-0.39, 0.29) is 12.5 Å². The predicted octanol–water partition coefficient (Wildman–Crippen LogP) is -0.435. The van der Waals surface area contributed by atoms with Crippen molar-refractivity contribution in [3.63, 3.8) is 0 Å². The van der Waals surface area contributed by atoms with E-state index < -0.39 is 0 Å². The number of nitrogens with zero attached hydrogens (tertiary/aromatic N) is 2. The topological polar surface area (TPSA) is 71.2 Å². The van der Waals surface area contributed by atoms with Crippen molar-refractivity contribution in [3.8, 4) is 0 Å². The lowest BCUT2D eigenvalue weighted by Crippen LogP contribution is -2.38. The maximum atomic E-state index is 10.9. The number of nitrogens with two attached hydrogens (primary N) is 1. The SMILES string of the molecule is CN(CC(=O)NN)Cc1cscn1. The first-order chi connectivity index (χ1) is 6.22. The van der Waals surface area contributed by atoms with Crippen molar-refractivity contribution in [1.82, 2.24) is 15.3 Å². The second kappa shape index (κ2) is 4.90. The maximum Gasteiger partial charge on any atom is 0.248 e. The van der Waals surface area contributed by atoms with Gasteiger partial charge in [-0.2, -0.15) is 0 Å². The van der Waals surface area contributed by atoms with Crippen LogP contribution in [0.1, 0.15) is 5.69 Å². The summed E-state index contributed by atoms with van der Waals surface area (Å²) in [5, 5.41) is 1.96. The number of carbonyl (C=O) groups is 1. The number of hydrogen-bond acceptors (Lipinski definition) is 5. The maximum absolute atomic E-state index is 10.9. The molecule has 0 fully saturated rings. The van der Waals surface area contributed by atoms with Gasteiger partial charge in [0.25, 0.3) is 0 Å². The third kappa shape index (κ3) is 3.49. The molecule has 72 valence electrons. The van der Waals surface area contributed by atoms with Gasteiger partial charge in [0.15, 0.2) is 0 Å². The number of carbonyl (C=O) groups excluding carboxylic acids is 1. The first-order valence-electron chi connectivity index (χ1n) is 3.77. The van der Waals surface area contributed by atoms with E-state index >= 15 is 0 Å². The summed E-state index contributed by atoms with van der Waals surface area (Å²) in [6, 6.07) is 0. The van der Waals surface area contributed by atoms with Gasteiger partial charge in [0, 0.05) is 11.9 Å². The van der Waals surface area contributed by atoms with Crippen molar-refractivity contribution < 1.29 is 4.79 Å². The molecule has 1 heterocycles. The zero-order valence-electron chi connectivity index (χ0n) is 7.36. The first kappa shape index (κ1) is 10.1. The van der Waals surface area contributed by atoms with Crippen LogP contribution in [0.15, 0.2) is 10.9 Å². The van der Waals surface area contributed by atoms with Crippen LogP contribution in [-0.4, -0.2) is 29.4 Å². The number of nitrogens with one attached hydrogen (secondary N) is 1. The molecule has 1 amide bonds. The Morgan fingerprint density at radius 1 is 1.85 bits per heavy atom. The lowest BCUT2D eigenvalue weighted by atomic mass is 10.4. The molecule has 3 N–H and O–H groups in total. The Morgan fingerprint density at radius 2 is 2.62 bits per heavy atom. The molecule has 0 saturated carbocycles.